The molecule has 2 aliphatic heterocycles. The van der Waals surface area contributed by atoms with Gasteiger partial charge in [0.05, 0.1) is 35.0 Å². The minimum Gasteiger partial charge on any atom is -0.481 e. The Kier molecular flexibility index (Phi) is 7.01. The summed E-state index contributed by atoms with van der Waals surface area (Å²) in [5.41, 5.74) is 6.00. The number of benzene rings is 3. The molecule has 2 atom stereocenters. The third-order valence-corrected chi connectivity index (χ3v) is 8.94. The van der Waals surface area contributed by atoms with Crippen LogP contribution in [0.2, 0.25) is 0 Å². The van der Waals surface area contributed by atoms with Crippen molar-refractivity contribution in [3.05, 3.63) is 107 Å². The van der Waals surface area contributed by atoms with Gasteiger partial charge in [-0.15, -0.1) is 0 Å². The Bertz CT molecular complexity index is 2010. The van der Waals surface area contributed by atoms with Crippen molar-refractivity contribution in [2.45, 2.75) is 25.8 Å². The highest BCUT2D eigenvalue weighted by atomic mass is 19.1. The molecule has 0 saturated carbocycles. The van der Waals surface area contributed by atoms with E-state index in [1.165, 1.54) is 11.6 Å². The lowest BCUT2D eigenvalue weighted by Crippen LogP contribution is -2.39. The number of hydrogen-bond donors (Lipinski definition) is 1. The van der Waals surface area contributed by atoms with Crippen molar-refractivity contribution in [3.8, 4) is 28.6 Å². The number of carboxylic acid groups (broad SMARTS) is 1. The molecule has 1 amide bonds. The molecule has 7 rings (SSSR count). The first-order valence-corrected chi connectivity index (χ1v) is 14.9. The van der Waals surface area contributed by atoms with Crippen molar-refractivity contribution >= 4 is 23.2 Å². The van der Waals surface area contributed by atoms with Gasteiger partial charge in [0, 0.05) is 42.5 Å². The highest BCUT2D eigenvalue weighted by molar-refractivity contribution is 5.94. The van der Waals surface area contributed by atoms with Crippen molar-refractivity contribution in [1.29, 1.82) is 5.26 Å². The minimum atomic E-state index is -0.845. The smallest absolute Gasteiger partial charge is 0.308 e. The van der Waals surface area contributed by atoms with Crippen LogP contribution in [0.25, 0.3) is 28.2 Å². The standard InChI is InChI=1S/C35H29FN6O3/c1-21-27-5-3-2-4-23(27)13-15-41(21)34(43)31-17-32(24-8-6-22(19-37)7-9-24)42-33(38-31)18-30(39-42)28-11-10-26(16-29(28)36)40-14-12-25(20-40)35(44)45/h2-11,16-18,21,25H,12-15,20H2,1H3,(H,44,45)/t21-,25+/m1/s1. The highest BCUT2D eigenvalue weighted by Gasteiger charge is 2.31. The summed E-state index contributed by atoms with van der Waals surface area (Å²) in [6.45, 7) is 3.45. The van der Waals surface area contributed by atoms with Crippen molar-refractivity contribution in [1.82, 2.24) is 19.5 Å². The molecule has 0 radical (unpaired) electrons. The molecular formula is C35H29FN6O3. The largest absolute Gasteiger partial charge is 0.481 e. The van der Waals surface area contributed by atoms with Gasteiger partial charge in [0.15, 0.2) is 5.65 Å². The molecule has 1 saturated heterocycles. The van der Waals surface area contributed by atoms with Crippen LogP contribution in [0.3, 0.4) is 0 Å². The minimum absolute atomic E-state index is 0.131. The van der Waals surface area contributed by atoms with Gasteiger partial charge in [-0.25, -0.2) is 13.9 Å². The van der Waals surface area contributed by atoms with Crippen LogP contribution in [0.5, 0.6) is 0 Å². The topological polar surface area (TPSA) is 115 Å². The molecule has 4 heterocycles. The second-order valence-corrected chi connectivity index (χ2v) is 11.6. The number of nitriles is 1. The molecule has 2 aromatic heterocycles. The van der Waals surface area contributed by atoms with Crippen LogP contribution >= 0.6 is 0 Å². The number of halogens is 1. The first kappa shape index (κ1) is 28.2. The van der Waals surface area contributed by atoms with Crippen LogP contribution in [0, 0.1) is 23.1 Å². The quantitative estimate of drug-likeness (QED) is 0.273. The van der Waals surface area contributed by atoms with Gasteiger partial charge in [-0.05, 0) is 67.3 Å². The molecule has 9 nitrogen and oxygen atoms in total. The number of nitrogens with zero attached hydrogens (tertiary/aromatic N) is 6. The van der Waals surface area contributed by atoms with Gasteiger partial charge >= 0.3 is 5.97 Å². The number of hydrogen-bond acceptors (Lipinski definition) is 6. The lowest BCUT2D eigenvalue weighted by molar-refractivity contribution is -0.140. The summed E-state index contributed by atoms with van der Waals surface area (Å²) in [7, 11) is 0. The second kappa shape index (κ2) is 11.2. The molecule has 3 aromatic carbocycles. The van der Waals surface area contributed by atoms with Gasteiger partial charge < -0.3 is 14.9 Å². The Morgan fingerprint density at radius 2 is 1.82 bits per heavy atom. The van der Waals surface area contributed by atoms with Gasteiger partial charge in [0.2, 0.25) is 0 Å². The summed E-state index contributed by atoms with van der Waals surface area (Å²) in [5, 5.41) is 23.4. The van der Waals surface area contributed by atoms with Gasteiger partial charge in [0.1, 0.15) is 11.5 Å². The zero-order valence-electron chi connectivity index (χ0n) is 24.5. The first-order valence-electron chi connectivity index (χ1n) is 14.9. The van der Waals surface area contributed by atoms with Gasteiger partial charge in [-0.3, -0.25) is 9.59 Å². The van der Waals surface area contributed by atoms with Gasteiger partial charge in [0.25, 0.3) is 5.91 Å². The van der Waals surface area contributed by atoms with Crippen molar-refractivity contribution in [2.75, 3.05) is 24.5 Å². The molecule has 0 unspecified atom stereocenters. The molecule has 1 fully saturated rings. The van der Waals surface area contributed by atoms with E-state index in [4.69, 9.17) is 10.1 Å². The summed E-state index contributed by atoms with van der Waals surface area (Å²) >= 11 is 0. The van der Waals surface area contributed by atoms with E-state index in [1.54, 1.807) is 53.0 Å². The fourth-order valence-electron chi connectivity index (χ4n) is 6.44. The molecule has 1 N–H and O–H groups in total. The van der Waals surface area contributed by atoms with Crippen molar-refractivity contribution in [3.63, 3.8) is 0 Å². The van der Waals surface area contributed by atoms with E-state index in [0.29, 0.717) is 54.3 Å². The van der Waals surface area contributed by atoms with E-state index < -0.39 is 17.7 Å². The van der Waals surface area contributed by atoms with Crippen molar-refractivity contribution in [2.24, 2.45) is 5.92 Å². The normalized spacial score (nSPS) is 17.7. The fraction of sp³-hybridized carbons (Fsp3) is 0.229. The predicted octanol–water partition coefficient (Wildman–Crippen LogP) is 5.74. The number of aliphatic carboxylic acids is 1. The monoisotopic (exact) mass is 600 g/mol. The molecule has 0 spiro atoms. The number of rotatable bonds is 5. The molecule has 5 aromatic rings. The Labute approximate surface area is 258 Å². The molecule has 2 aliphatic rings. The van der Waals surface area contributed by atoms with Crippen molar-refractivity contribution < 1.29 is 19.1 Å². The van der Waals surface area contributed by atoms with Gasteiger partial charge in [-0.1, -0.05) is 36.4 Å². The zero-order valence-corrected chi connectivity index (χ0v) is 24.5. The second-order valence-electron chi connectivity index (χ2n) is 11.6. The van der Waals surface area contributed by atoms with E-state index >= 15 is 4.39 Å². The molecule has 45 heavy (non-hydrogen) atoms. The molecule has 224 valence electrons. The van der Waals surface area contributed by atoms with Crippen LogP contribution in [-0.2, 0) is 11.2 Å². The third-order valence-electron chi connectivity index (χ3n) is 8.94. The summed E-state index contributed by atoms with van der Waals surface area (Å²) in [4.78, 5) is 33.8. The molecule has 10 heteroatoms. The van der Waals surface area contributed by atoms with Crippen LogP contribution in [0.1, 0.15) is 46.6 Å². The lowest BCUT2D eigenvalue weighted by Gasteiger charge is -2.35. The first-order chi connectivity index (χ1) is 21.8. The predicted molar refractivity (Wildman–Crippen MR) is 166 cm³/mol. The van der Waals surface area contributed by atoms with Crippen LogP contribution in [-0.4, -0.2) is 56.1 Å². The molecular weight excluding hydrogens is 571 g/mol. The number of anilines is 1. The highest BCUT2D eigenvalue weighted by Crippen LogP contribution is 2.33. The van der Waals surface area contributed by atoms with E-state index in [1.807, 2.05) is 28.9 Å². The maximum absolute atomic E-state index is 15.6. The Morgan fingerprint density at radius 1 is 1.02 bits per heavy atom. The number of carbonyl (C=O) groups is 2. The lowest BCUT2D eigenvalue weighted by atomic mass is 9.93. The fourth-order valence-corrected chi connectivity index (χ4v) is 6.44. The number of aromatic nitrogens is 3. The zero-order chi connectivity index (χ0) is 31.2. The summed E-state index contributed by atoms with van der Waals surface area (Å²) in [5.74, 6) is -2.02. The molecule has 0 aliphatic carbocycles. The third kappa shape index (κ3) is 5.06. The van der Waals surface area contributed by atoms with Crippen LogP contribution < -0.4 is 4.90 Å². The maximum atomic E-state index is 15.6. The maximum Gasteiger partial charge on any atom is 0.308 e. The molecule has 0 bridgehead atoms. The van der Waals surface area contributed by atoms with Crippen LogP contribution in [0.4, 0.5) is 10.1 Å². The summed E-state index contributed by atoms with van der Waals surface area (Å²) < 4.78 is 17.2. The Morgan fingerprint density at radius 3 is 2.56 bits per heavy atom. The Hall–Kier alpha value is -5.56. The van der Waals surface area contributed by atoms with E-state index in [0.717, 1.165) is 17.5 Å². The van der Waals surface area contributed by atoms with Gasteiger partial charge in [-0.2, -0.15) is 10.4 Å². The summed E-state index contributed by atoms with van der Waals surface area (Å²) in [6, 6.07) is 25.3. The van der Waals surface area contributed by atoms with E-state index in [-0.39, 0.29) is 23.2 Å². The summed E-state index contributed by atoms with van der Waals surface area (Å²) in [6.07, 6.45) is 1.26. The van der Waals surface area contributed by atoms with E-state index in [2.05, 4.69) is 18.2 Å². The number of carboxylic acids is 1. The average Bonchev–Trinajstić information content (AvgIpc) is 3.73. The van der Waals surface area contributed by atoms with E-state index in [9.17, 15) is 20.0 Å². The Balaban J connectivity index is 1.28. The number of fused-ring (bicyclic) bond motifs is 2. The van der Waals surface area contributed by atoms with Crippen LogP contribution in [0.15, 0.2) is 78.9 Å². The number of amides is 1. The average molecular weight is 601 g/mol. The SMILES string of the molecule is C[C@@H]1c2ccccc2CCN1C(=O)c1cc(-c2ccc(C#N)cc2)n2nc(-c3ccc(N4CC[C@H](C(=O)O)C4)cc3F)cc2n1. The number of carbonyl (C=O) groups excluding carboxylic acids is 1.